The normalized spacial score (nSPS) is 23.1. The highest BCUT2D eigenvalue weighted by Crippen LogP contribution is 2.28. The van der Waals surface area contributed by atoms with E-state index in [2.05, 4.69) is 20.8 Å². The van der Waals surface area contributed by atoms with Crippen LogP contribution in [-0.2, 0) is 4.74 Å². The van der Waals surface area contributed by atoms with Crippen LogP contribution in [0.15, 0.2) is 0 Å². The molecule has 1 unspecified atom stereocenters. The van der Waals surface area contributed by atoms with Gasteiger partial charge < -0.3 is 9.84 Å². The maximum atomic E-state index is 9.90. The molecule has 0 bridgehead atoms. The fourth-order valence-corrected chi connectivity index (χ4v) is 1.65. The number of rotatable bonds is 2. The van der Waals surface area contributed by atoms with Gasteiger partial charge in [0.25, 0.3) is 0 Å². The highest BCUT2D eigenvalue weighted by atomic mass is 16.5. The Morgan fingerprint density at radius 2 is 1.85 bits per heavy atom. The van der Waals surface area contributed by atoms with Gasteiger partial charge in [0.05, 0.1) is 6.10 Å². The zero-order valence-electron chi connectivity index (χ0n) is 9.05. The number of hydrogen-bond acceptors (Lipinski definition) is 2. The molecule has 1 aliphatic rings. The third-order valence-electron chi connectivity index (χ3n) is 2.90. The summed E-state index contributed by atoms with van der Waals surface area (Å²) in [5.41, 5.74) is 0.0261. The van der Waals surface area contributed by atoms with E-state index >= 15 is 0 Å². The predicted octanol–water partition coefficient (Wildman–Crippen LogP) is 2.21. The van der Waals surface area contributed by atoms with Crippen LogP contribution in [0.25, 0.3) is 0 Å². The van der Waals surface area contributed by atoms with Gasteiger partial charge in [-0.25, -0.2) is 0 Å². The molecular formula is C11H22O2. The van der Waals surface area contributed by atoms with Crippen LogP contribution in [0.2, 0.25) is 0 Å². The molecule has 1 N–H and O–H groups in total. The van der Waals surface area contributed by atoms with E-state index in [0.29, 0.717) is 5.92 Å². The maximum absolute atomic E-state index is 9.90. The lowest BCUT2D eigenvalue weighted by Gasteiger charge is -2.31. The molecule has 0 saturated carbocycles. The van der Waals surface area contributed by atoms with E-state index in [0.717, 1.165) is 32.5 Å². The molecule has 1 fully saturated rings. The van der Waals surface area contributed by atoms with Crippen LogP contribution < -0.4 is 0 Å². The number of hydrogen-bond donors (Lipinski definition) is 1. The summed E-state index contributed by atoms with van der Waals surface area (Å²) in [6.45, 7) is 8.04. The first-order valence-electron chi connectivity index (χ1n) is 5.26. The standard InChI is InChI=1S/C11H22O2/c1-11(2,3)10(12)8-9-4-6-13-7-5-9/h9-10,12H,4-8H2,1-3H3. The molecule has 0 aliphatic carbocycles. The number of aliphatic hydroxyl groups excluding tert-OH is 1. The summed E-state index contributed by atoms with van der Waals surface area (Å²) in [7, 11) is 0. The highest BCUT2D eigenvalue weighted by molar-refractivity contribution is 4.77. The van der Waals surface area contributed by atoms with Crippen molar-refractivity contribution in [3.8, 4) is 0 Å². The van der Waals surface area contributed by atoms with Crippen LogP contribution in [0.4, 0.5) is 0 Å². The minimum absolute atomic E-state index is 0.0261. The SMILES string of the molecule is CC(C)(C)C(O)CC1CCOCC1. The van der Waals surface area contributed by atoms with E-state index in [1.165, 1.54) is 0 Å². The van der Waals surface area contributed by atoms with E-state index in [1.807, 2.05) is 0 Å². The molecule has 78 valence electrons. The fourth-order valence-electron chi connectivity index (χ4n) is 1.65. The Labute approximate surface area is 81.3 Å². The van der Waals surface area contributed by atoms with E-state index in [9.17, 15) is 5.11 Å². The molecular weight excluding hydrogens is 164 g/mol. The second-order valence-corrected chi connectivity index (χ2v) is 5.17. The summed E-state index contributed by atoms with van der Waals surface area (Å²) in [5.74, 6) is 0.669. The van der Waals surface area contributed by atoms with Crippen LogP contribution in [0.1, 0.15) is 40.0 Å². The third kappa shape index (κ3) is 3.65. The molecule has 1 saturated heterocycles. The van der Waals surface area contributed by atoms with E-state index < -0.39 is 0 Å². The molecule has 1 aliphatic heterocycles. The number of ether oxygens (including phenoxy) is 1. The molecule has 0 radical (unpaired) electrons. The Kier molecular flexibility index (Phi) is 3.74. The van der Waals surface area contributed by atoms with Gasteiger partial charge in [0.2, 0.25) is 0 Å². The first-order valence-corrected chi connectivity index (χ1v) is 5.26. The van der Waals surface area contributed by atoms with Crippen LogP contribution in [0, 0.1) is 11.3 Å². The first-order chi connectivity index (χ1) is 6.00. The minimum atomic E-state index is -0.171. The van der Waals surface area contributed by atoms with Gasteiger partial charge in [0.15, 0.2) is 0 Å². The Bertz CT molecular complexity index is 143. The molecule has 1 atom stereocenters. The molecule has 1 heterocycles. The highest BCUT2D eigenvalue weighted by Gasteiger charge is 2.26. The summed E-state index contributed by atoms with van der Waals surface area (Å²) < 4.78 is 5.29. The molecule has 0 aromatic rings. The number of aliphatic hydroxyl groups is 1. The zero-order chi connectivity index (χ0) is 9.90. The lowest BCUT2D eigenvalue weighted by atomic mass is 9.81. The summed E-state index contributed by atoms with van der Waals surface area (Å²) in [6.07, 6.45) is 3.00. The summed E-state index contributed by atoms with van der Waals surface area (Å²) in [6, 6.07) is 0. The summed E-state index contributed by atoms with van der Waals surface area (Å²) in [4.78, 5) is 0. The third-order valence-corrected chi connectivity index (χ3v) is 2.90. The van der Waals surface area contributed by atoms with Crippen molar-refractivity contribution in [3.05, 3.63) is 0 Å². The fraction of sp³-hybridized carbons (Fsp3) is 1.00. The Morgan fingerprint density at radius 1 is 1.31 bits per heavy atom. The smallest absolute Gasteiger partial charge is 0.0591 e. The van der Waals surface area contributed by atoms with Crippen molar-refractivity contribution in [2.24, 2.45) is 11.3 Å². The summed E-state index contributed by atoms with van der Waals surface area (Å²) >= 11 is 0. The summed E-state index contributed by atoms with van der Waals surface area (Å²) in [5, 5.41) is 9.90. The van der Waals surface area contributed by atoms with Crippen molar-refractivity contribution in [1.29, 1.82) is 0 Å². The molecule has 0 aromatic carbocycles. The van der Waals surface area contributed by atoms with Crippen molar-refractivity contribution in [2.45, 2.75) is 46.1 Å². The topological polar surface area (TPSA) is 29.5 Å². The molecule has 0 amide bonds. The van der Waals surface area contributed by atoms with Crippen molar-refractivity contribution >= 4 is 0 Å². The van der Waals surface area contributed by atoms with Crippen molar-refractivity contribution in [2.75, 3.05) is 13.2 Å². The molecule has 0 spiro atoms. The van der Waals surface area contributed by atoms with Gasteiger partial charge in [0.1, 0.15) is 0 Å². The maximum Gasteiger partial charge on any atom is 0.0591 e. The minimum Gasteiger partial charge on any atom is -0.393 e. The van der Waals surface area contributed by atoms with Gasteiger partial charge in [-0.05, 0) is 30.6 Å². The van der Waals surface area contributed by atoms with Gasteiger partial charge in [-0.1, -0.05) is 20.8 Å². The second kappa shape index (κ2) is 4.43. The van der Waals surface area contributed by atoms with Gasteiger partial charge >= 0.3 is 0 Å². The Morgan fingerprint density at radius 3 is 2.31 bits per heavy atom. The lowest BCUT2D eigenvalue weighted by molar-refractivity contribution is 0.00808. The zero-order valence-corrected chi connectivity index (χ0v) is 9.05. The Balaban J connectivity index is 2.30. The van der Waals surface area contributed by atoms with Crippen LogP contribution in [0.3, 0.4) is 0 Å². The molecule has 2 heteroatoms. The predicted molar refractivity (Wildman–Crippen MR) is 53.6 cm³/mol. The van der Waals surface area contributed by atoms with Crippen LogP contribution in [0.5, 0.6) is 0 Å². The van der Waals surface area contributed by atoms with Gasteiger partial charge in [-0.3, -0.25) is 0 Å². The quantitative estimate of drug-likeness (QED) is 0.716. The van der Waals surface area contributed by atoms with Crippen LogP contribution in [-0.4, -0.2) is 24.4 Å². The van der Waals surface area contributed by atoms with Gasteiger partial charge in [0, 0.05) is 13.2 Å². The first kappa shape index (κ1) is 11.0. The average Bonchev–Trinajstić information content (AvgIpc) is 2.04. The van der Waals surface area contributed by atoms with Gasteiger partial charge in [-0.15, -0.1) is 0 Å². The largest absolute Gasteiger partial charge is 0.393 e. The van der Waals surface area contributed by atoms with Crippen LogP contribution >= 0.6 is 0 Å². The van der Waals surface area contributed by atoms with Gasteiger partial charge in [-0.2, -0.15) is 0 Å². The molecule has 1 rings (SSSR count). The second-order valence-electron chi connectivity index (χ2n) is 5.17. The Hall–Kier alpha value is -0.0800. The molecule has 0 aromatic heterocycles. The van der Waals surface area contributed by atoms with E-state index in [4.69, 9.17) is 4.74 Å². The molecule has 13 heavy (non-hydrogen) atoms. The van der Waals surface area contributed by atoms with E-state index in [1.54, 1.807) is 0 Å². The molecule has 2 nitrogen and oxygen atoms in total. The van der Waals surface area contributed by atoms with Crippen molar-refractivity contribution in [3.63, 3.8) is 0 Å². The monoisotopic (exact) mass is 186 g/mol. The lowest BCUT2D eigenvalue weighted by Crippen LogP contribution is -2.30. The average molecular weight is 186 g/mol. The van der Waals surface area contributed by atoms with E-state index in [-0.39, 0.29) is 11.5 Å². The van der Waals surface area contributed by atoms with Crippen molar-refractivity contribution < 1.29 is 9.84 Å². The van der Waals surface area contributed by atoms with Crippen molar-refractivity contribution in [1.82, 2.24) is 0 Å².